The van der Waals surface area contributed by atoms with Crippen molar-refractivity contribution in [1.82, 2.24) is 25.8 Å². The van der Waals surface area contributed by atoms with E-state index in [9.17, 15) is 14.4 Å². The van der Waals surface area contributed by atoms with Crippen molar-refractivity contribution in [2.45, 2.75) is 46.6 Å². The predicted octanol–water partition coefficient (Wildman–Crippen LogP) is 1.01. The fourth-order valence-corrected chi connectivity index (χ4v) is 2.84. The molecule has 0 aliphatic carbocycles. The standard InChI is InChI=1S/C20H38N6O4.HI/c1-7-21-17(28)20(3,4)14-23-18(22-13-16(27)25(5)6)24-15-9-11-26(12-10-15)19(29)30-8-2;/h15H,7-14H2,1-6H3,(H,21,28)(H2,22,23,24);1H. The number of likely N-dealkylation sites (N-methyl/N-ethyl adjacent to an activating group) is 1. The van der Waals surface area contributed by atoms with Crippen LogP contribution in [-0.2, 0) is 14.3 Å². The summed E-state index contributed by atoms with van der Waals surface area (Å²) in [4.78, 5) is 43.6. The molecule has 3 amide bonds. The third-order valence-corrected chi connectivity index (χ3v) is 4.88. The van der Waals surface area contributed by atoms with E-state index >= 15 is 0 Å². The minimum absolute atomic E-state index is 0. The van der Waals surface area contributed by atoms with Crippen molar-refractivity contribution in [2.24, 2.45) is 10.4 Å². The molecule has 0 atom stereocenters. The highest BCUT2D eigenvalue weighted by atomic mass is 127. The number of rotatable bonds is 8. The molecule has 0 saturated carbocycles. The Balaban J connectivity index is 0.00000900. The normalized spacial score (nSPS) is 14.9. The summed E-state index contributed by atoms with van der Waals surface area (Å²) in [5.74, 6) is 0.317. The Kier molecular flexibility index (Phi) is 13.5. The summed E-state index contributed by atoms with van der Waals surface area (Å²) >= 11 is 0. The van der Waals surface area contributed by atoms with Crippen LogP contribution in [0.1, 0.15) is 40.5 Å². The molecule has 3 N–H and O–H groups in total. The fourth-order valence-electron chi connectivity index (χ4n) is 2.84. The summed E-state index contributed by atoms with van der Waals surface area (Å²) < 4.78 is 5.05. The minimum atomic E-state index is -0.642. The number of piperidine rings is 1. The van der Waals surface area contributed by atoms with E-state index in [2.05, 4.69) is 20.9 Å². The molecule has 1 aliphatic heterocycles. The summed E-state index contributed by atoms with van der Waals surface area (Å²) in [6.07, 6.45) is 1.19. The topological polar surface area (TPSA) is 115 Å². The van der Waals surface area contributed by atoms with Gasteiger partial charge < -0.3 is 30.5 Å². The molecule has 0 aromatic rings. The molecule has 1 saturated heterocycles. The Hall–Kier alpha value is -1.79. The van der Waals surface area contributed by atoms with Crippen LogP contribution in [0.4, 0.5) is 4.79 Å². The number of hydrogen-bond donors (Lipinski definition) is 3. The Bertz CT molecular complexity index is 619. The summed E-state index contributed by atoms with van der Waals surface area (Å²) in [6, 6.07) is 0.101. The first kappa shape index (κ1) is 29.2. The Labute approximate surface area is 202 Å². The van der Waals surface area contributed by atoms with Gasteiger partial charge in [-0.05, 0) is 40.5 Å². The molecule has 0 spiro atoms. The van der Waals surface area contributed by atoms with Gasteiger partial charge in [-0.25, -0.2) is 9.79 Å². The molecule has 0 aromatic heterocycles. The molecule has 10 nitrogen and oxygen atoms in total. The second kappa shape index (κ2) is 14.3. The van der Waals surface area contributed by atoms with E-state index in [1.165, 1.54) is 4.90 Å². The molecule has 0 radical (unpaired) electrons. The van der Waals surface area contributed by atoms with Crippen molar-refractivity contribution in [3.63, 3.8) is 0 Å². The summed E-state index contributed by atoms with van der Waals surface area (Å²) in [5.41, 5.74) is -0.642. The first-order valence-electron chi connectivity index (χ1n) is 10.6. The van der Waals surface area contributed by atoms with Gasteiger partial charge in [-0.2, -0.15) is 0 Å². The quantitative estimate of drug-likeness (QED) is 0.235. The molecule has 180 valence electrons. The van der Waals surface area contributed by atoms with Gasteiger partial charge in [0.1, 0.15) is 6.54 Å². The Morgan fingerprint density at radius 3 is 2.26 bits per heavy atom. The van der Waals surface area contributed by atoms with Gasteiger partial charge in [-0.3, -0.25) is 9.59 Å². The van der Waals surface area contributed by atoms with Crippen LogP contribution in [0.3, 0.4) is 0 Å². The first-order chi connectivity index (χ1) is 14.1. The highest BCUT2D eigenvalue weighted by Crippen LogP contribution is 2.14. The van der Waals surface area contributed by atoms with Gasteiger partial charge >= 0.3 is 6.09 Å². The van der Waals surface area contributed by atoms with Crippen molar-refractivity contribution in [3.8, 4) is 0 Å². The van der Waals surface area contributed by atoms with Crippen LogP contribution in [0.15, 0.2) is 4.99 Å². The smallest absolute Gasteiger partial charge is 0.409 e. The lowest BCUT2D eigenvalue weighted by atomic mass is 9.92. The second-order valence-corrected chi connectivity index (χ2v) is 8.15. The first-order valence-corrected chi connectivity index (χ1v) is 10.6. The van der Waals surface area contributed by atoms with Crippen LogP contribution in [0.2, 0.25) is 0 Å². The van der Waals surface area contributed by atoms with Crippen molar-refractivity contribution in [2.75, 3.05) is 53.4 Å². The van der Waals surface area contributed by atoms with Gasteiger partial charge in [-0.15, -0.1) is 24.0 Å². The lowest BCUT2D eigenvalue weighted by Crippen LogP contribution is -2.52. The SMILES string of the molecule is CCNC(=O)C(C)(C)CNC(=NCC(=O)N(C)C)NC1CCN(C(=O)OCC)CC1.I. The molecule has 0 bridgehead atoms. The molecule has 1 rings (SSSR count). The number of amides is 3. The number of hydrogen-bond acceptors (Lipinski definition) is 5. The number of ether oxygens (including phenoxy) is 1. The van der Waals surface area contributed by atoms with Crippen LogP contribution in [-0.4, -0.2) is 93.1 Å². The largest absolute Gasteiger partial charge is 0.450 e. The van der Waals surface area contributed by atoms with E-state index in [4.69, 9.17) is 4.74 Å². The number of aliphatic imine (C=N–C) groups is 1. The number of nitrogens with one attached hydrogen (secondary N) is 3. The average Bonchev–Trinajstić information content (AvgIpc) is 2.70. The monoisotopic (exact) mass is 554 g/mol. The van der Waals surface area contributed by atoms with Crippen LogP contribution in [0.25, 0.3) is 0 Å². The highest BCUT2D eigenvalue weighted by Gasteiger charge is 2.28. The molecular weight excluding hydrogens is 515 g/mol. The van der Waals surface area contributed by atoms with E-state index in [1.54, 1.807) is 25.9 Å². The van der Waals surface area contributed by atoms with Gasteiger partial charge in [0.05, 0.1) is 12.0 Å². The van der Waals surface area contributed by atoms with Gasteiger partial charge in [0.15, 0.2) is 5.96 Å². The number of halogens is 1. The maximum absolute atomic E-state index is 12.3. The van der Waals surface area contributed by atoms with Gasteiger partial charge in [-0.1, -0.05) is 0 Å². The number of carbonyl (C=O) groups is 3. The van der Waals surface area contributed by atoms with Gasteiger partial charge in [0, 0.05) is 46.3 Å². The van der Waals surface area contributed by atoms with E-state index < -0.39 is 5.41 Å². The zero-order chi connectivity index (χ0) is 22.7. The molecular formula is C20H39IN6O4. The van der Waals surface area contributed by atoms with Crippen LogP contribution >= 0.6 is 24.0 Å². The molecule has 31 heavy (non-hydrogen) atoms. The number of guanidine groups is 1. The third kappa shape index (κ3) is 10.4. The van der Waals surface area contributed by atoms with Crippen molar-refractivity contribution >= 4 is 47.8 Å². The second-order valence-electron chi connectivity index (χ2n) is 8.15. The average molecular weight is 554 g/mol. The lowest BCUT2D eigenvalue weighted by Gasteiger charge is -2.33. The molecule has 1 fully saturated rings. The number of likely N-dealkylation sites (tertiary alicyclic amines) is 1. The minimum Gasteiger partial charge on any atom is -0.450 e. The maximum atomic E-state index is 12.3. The van der Waals surface area contributed by atoms with Gasteiger partial charge in [0.2, 0.25) is 11.8 Å². The van der Waals surface area contributed by atoms with Crippen molar-refractivity contribution in [3.05, 3.63) is 0 Å². The predicted molar refractivity (Wildman–Crippen MR) is 132 cm³/mol. The van der Waals surface area contributed by atoms with Crippen molar-refractivity contribution in [1.29, 1.82) is 0 Å². The molecule has 1 aliphatic rings. The number of carbonyl (C=O) groups excluding carboxylic acids is 3. The third-order valence-electron chi connectivity index (χ3n) is 4.88. The van der Waals surface area contributed by atoms with Crippen LogP contribution < -0.4 is 16.0 Å². The zero-order valence-electron chi connectivity index (χ0n) is 19.6. The molecule has 0 unspecified atom stereocenters. The van der Waals surface area contributed by atoms with Gasteiger partial charge in [0.25, 0.3) is 0 Å². The lowest BCUT2D eigenvalue weighted by molar-refractivity contribution is -0.129. The zero-order valence-corrected chi connectivity index (χ0v) is 21.9. The van der Waals surface area contributed by atoms with Crippen molar-refractivity contribution < 1.29 is 19.1 Å². The van der Waals surface area contributed by atoms with Crippen LogP contribution in [0, 0.1) is 5.41 Å². The highest BCUT2D eigenvalue weighted by molar-refractivity contribution is 14.0. The summed E-state index contributed by atoms with van der Waals surface area (Å²) in [5, 5.41) is 9.37. The fraction of sp³-hybridized carbons (Fsp3) is 0.800. The summed E-state index contributed by atoms with van der Waals surface area (Å²) in [6.45, 7) is 9.85. The van der Waals surface area contributed by atoms with E-state index in [0.717, 1.165) is 12.8 Å². The van der Waals surface area contributed by atoms with E-state index in [0.29, 0.717) is 38.7 Å². The van der Waals surface area contributed by atoms with E-state index in [1.807, 2.05) is 20.8 Å². The van der Waals surface area contributed by atoms with Crippen LogP contribution in [0.5, 0.6) is 0 Å². The summed E-state index contributed by atoms with van der Waals surface area (Å²) in [7, 11) is 3.36. The molecule has 1 heterocycles. The number of nitrogens with zero attached hydrogens (tertiary/aromatic N) is 3. The molecule has 11 heteroatoms. The Morgan fingerprint density at radius 2 is 1.74 bits per heavy atom. The van der Waals surface area contributed by atoms with E-state index in [-0.39, 0.29) is 54.5 Å². The molecule has 0 aromatic carbocycles. The Morgan fingerprint density at radius 1 is 1.13 bits per heavy atom. The maximum Gasteiger partial charge on any atom is 0.409 e.